The minimum atomic E-state index is -2.26. The molecule has 7 heteroatoms. The van der Waals surface area contributed by atoms with Crippen LogP contribution in [0.25, 0.3) is 0 Å². The Morgan fingerprint density at radius 1 is 1.21 bits per heavy atom. The van der Waals surface area contributed by atoms with Crippen LogP contribution in [0, 0.1) is 0 Å². The maximum absolute atomic E-state index is 12.1. The quantitative estimate of drug-likeness (QED) is 0.547. The second-order valence-electron chi connectivity index (χ2n) is 5.41. The lowest BCUT2D eigenvalue weighted by Crippen LogP contribution is -2.58. The minimum absolute atomic E-state index is 0.103. The predicted octanol–water partition coefficient (Wildman–Crippen LogP) is 1.54. The molecule has 1 amide bonds. The fourth-order valence-electron chi connectivity index (χ4n) is 1.74. The summed E-state index contributed by atoms with van der Waals surface area (Å²) in [5.41, 5.74) is 0.254. The van der Waals surface area contributed by atoms with Crippen molar-refractivity contribution in [2.75, 3.05) is 0 Å². The van der Waals surface area contributed by atoms with E-state index in [2.05, 4.69) is 6.58 Å². The van der Waals surface area contributed by atoms with Gasteiger partial charge in [-0.05, 0) is 13.3 Å². The van der Waals surface area contributed by atoms with Gasteiger partial charge in [0.05, 0.1) is 0 Å². The van der Waals surface area contributed by atoms with E-state index < -0.39 is 32.1 Å². The highest BCUT2D eigenvalue weighted by molar-refractivity contribution is 6.76. The van der Waals surface area contributed by atoms with Gasteiger partial charge in [-0.1, -0.05) is 26.2 Å². The van der Waals surface area contributed by atoms with Gasteiger partial charge in [0, 0.05) is 12.0 Å². The van der Waals surface area contributed by atoms with Gasteiger partial charge in [-0.2, -0.15) is 0 Å². The van der Waals surface area contributed by atoms with Crippen LogP contribution in [-0.2, 0) is 14.4 Å². The molecule has 6 nitrogen and oxygen atoms in total. The molecule has 0 aliphatic rings. The SMILES string of the molecule is C=C(C)C(=O)N([C@@H](CCC(=O)O)C(=O)O)[Si](C)(C)C. The average molecular weight is 287 g/mol. The molecule has 0 fully saturated rings. The largest absolute Gasteiger partial charge is 0.481 e. The summed E-state index contributed by atoms with van der Waals surface area (Å²) < 4.78 is 1.32. The minimum Gasteiger partial charge on any atom is -0.481 e. The van der Waals surface area contributed by atoms with E-state index in [4.69, 9.17) is 5.11 Å². The van der Waals surface area contributed by atoms with Gasteiger partial charge in [0.2, 0.25) is 5.91 Å². The predicted molar refractivity (Wildman–Crippen MR) is 73.3 cm³/mol. The van der Waals surface area contributed by atoms with Crippen molar-refractivity contribution in [2.24, 2.45) is 0 Å². The summed E-state index contributed by atoms with van der Waals surface area (Å²) in [6.07, 6.45) is -0.393. The summed E-state index contributed by atoms with van der Waals surface area (Å²) in [6.45, 7) is 10.6. The summed E-state index contributed by atoms with van der Waals surface area (Å²) in [5, 5.41) is 17.9. The molecule has 0 saturated heterocycles. The van der Waals surface area contributed by atoms with Gasteiger partial charge >= 0.3 is 11.9 Å². The molecular formula is C12H21NO5Si. The first kappa shape index (κ1) is 17.4. The number of carbonyl (C=O) groups excluding carboxylic acids is 1. The third-order valence-corrected chi connectivity index (χ3v) is 4.50. The molecule has 1 atom stereocenters. The van der Waals surface area contributed by atoms with Crippen LogP contribution < -0.4 is 0 Å². The number of hydrogen-bond donors (Lipinski definition) is 2. The zero-order valence-electron chi connectivity index (χ0n) is 11.8. The number of carboxylic acid groups (broad SMARTS) is 2. The first-order valence-electron chi connectivity index (χ1n) is 5.92. The van der Waals surface area contributed by atoms with Crippen LogP contribution in [0.3, 0.4) is 0 Å². The van der Waals surface area contributed by atoms with Crippen LogP contribution in [0.1, 0.15) is 19.8 Å². The Labute approximate surface area is 113 Å². The Kier molecular flexibility index (Phi) is 5.95. The molecule has 0 rings (SSSR count). The molecule has 0 aromatic carbocycles. The monoisotopic (exact) mass is 287 g/mol. The summed E-state index contributed by atoms with van der Waals surface area (Å²) in [7, 11) is -2.26. The number of nitrogens with zero attached hydrogens (tertiary/aromatic N) is 1. The topological polar surface area (TPSA) is 94.9 Å². The van der Waals surface area contributed by atoms with Gasteiger partial charge in [0.15, 0.2) is 8.24 Å². The number of aliphatic carboxylic acids is 2. The fraction of sp³-hybridized carbons (Fsp3) is 0.583. The molecule has 0 unspecified atom stereocenters. The lowest BCUT2D eigenvalue weighted by molar-refractivity contribution is -0.146. The fourth-order valence-corrected chi connectivity index (χ4v) is 3.72. The van der Waals surface area contributed by atoms with Crippen LogP contribution in [-0.4, -0.2) is 46.9 Å². The average Bonchev–Trinajstić information content (AvgIpc) is 2.20. The molecule has 0 saturated carbocycles. The molecule has 0 heterocycles. The zero-order chi connectivity index (χ0) is 15.4. The second kappa shape index (κ2) is 6.51. The lowest BCUT2D eigenvalue weighted by atomic mass is 10.1. The van der Waals surface area contributed by atoms with Crippen LogP contribution >= 0.6 is 0 Å². The highest BCUT2D eigenvalue weighted by atomic mass is 28.3. The summed E-state index contributed by atoms with van der Waals surface area (Å²) in [4.78, 5) is 34.1. The van der Waals surface area contributed by atoms with Gasteiger partial charge in [-0.25, -0.2) is 0 Å². The number of carbonyl (C=O) groups is 3. The smallest absolute Gasteiger partial charge is 0.325 e. The van der Waals surface area contributed by atoms with E-state index in [-0.39, 0.29) is 18.4 Å². The number of amides is 1. The molecule has 19 heavy (non-hydrogen) atoms. The van der Waals surface area contributed by atoms with Gasteiger partial charge < -0.3 is 14.8 Å². The van der Waals surface area contributed by atoms with Crippen molar-refractivity contribution >= 4 is 26.1 Å². The third kappa shape index (κ3) is 5.25. The maximum Gasteiger partial charge on any atom is 0.325 e. The van der Waals surface area contributed by atoms with Crippen molar-refractivity contribution in [3.8, 4) is 0 Å². The number of carboxylic acids is 2. The van der Waals surface area contributed by atoms with Gasteiger partial charge in [-0.15, -0.1) is 0 Å². The molecule has 0 aromatic rings. The van der Waals surface area contributed by atoms with Gasteiger partial charge in [-0.3, -0.25) is 14.4 Å². The summed E-state index contributed by atoms with van der Waals surface area (Å²) in [6, 6.07) is -1.12. The maximum atomic E-state index is 12.1. The molecule has 0 aliphatic carbocycles. The Bertz CT molecular complexity index is 399. The van der Waals surface area contributed by atoms with Crippen molar-refractivity contribution in [1.82, 2.24) is 4.57 Å². The van der Waals surface area contributed by atoms with Crippen molar-refractivity contribution in [1.29, 1.82) is 0 Å². The first-order chi connectivity index (χ1) is 8.48. The van der Waals surface area contributed by atoms with Crippen molar-refractivity contribution in [3.63, 3.8) is 0 Å². The summed E-state index contributed by atoms with van der Waals surface area (Å²) >= 11 is 0. The normalized spacial score (nSPS) is 12.6. The van der Waals surface area contributed by atoms with E-state index in [1.165, 1.54) is 11.5 Å². The number of hydrogen-bond acceptors (Lipinski definition) is 3. The molecule has 0 bridgehead atoms. The zero-order valence-corrected chi connectivity index (χ0v) is 12.8. The summed E-state index contributed by atoms with van der Waals surface area (Å²) in [5.74, 6) is -2.68. The second-order valence-corrected chi connectivity index (χ2v) is 10.2. The van der Waals surface area contributed by atoms with E-state index in [1.807, 2.05) is 19.6 Å². The molecule has 0 aromatic heterocycles. The highest BCUT2D eigenvalue weighted by Gasteiger charge is 2.38. The van der Waals surface area contributed by atoms with E-state index >= 15 is 0 Å². The standard InChI is InChI=1S/C12H21NO5Si/c1-8(2)11(16)13(19(3,4)5)9(12(17)18)6-7-10(14)15/h9H,1,6-7H2,2-5H3,(H,14,15)(H,17,18)/t9-/m0/s1. The van der Waals surface area contributed by atoms with Crippen molar-refractivity contribution in [2.45, 2.75) is 45.4 Å². The van der Waals surface area contributed by atoms with Crippen LogP contribution in [0.5, 0.6) is 0 Å². The number of rotatable bonds is 7. The van der Waals surface area contributed by atoms with E-state index in [1.54, 1.807) is 0 Å². The van der Waals surface area contributed by atoms with E-state index in [0.29, 0.717) is 0 Å². The van der Waals surface area contributed by atoms with Crippen molar-refractivity contribution < 1.29 is 24.6 Å². The molecule has 0 aliphatic heterocycles. The van der Waals surface area contributed by atoms with Crippen LogP contribution in [0.4, 0.5) is 0 Å². The Morgan fingerprint density at radius 3 is 1.95 bits per heavy atom. The molecule has 2 N–H and O–H groups in total. The Morgan fingerprint density at radius 2 is 1.68 bits per heavy atom. The molecular weight excluding hydrogens is 266 g/mol. The van der Waals surface area contributed by atoms with Crippen molar-refractivity contribution in [3.05, 3.63) is 12.2 Å². The van der Waals surface area contributed by atoms with Gasteiger partial charge in [0.1, 0.15) is 6.04 Å². The lowest BCUT2D eigenvalue weighted by Gasteiger charge is -2.39. The molecule has 108 valence electrons. The van der Waals surface area contributed by atoms with Crippen LogP contribution in [0.15, 0.2) is 12.2 Å². The molecule has 0 spiro atoms. The van der Waals surface area contributed by atoms with E-state index in [0.717, 1.165) is 0 Å². The highest BCUT2D eigenvalue weighted by Crippen LogP contribution is 2.20. The van der Waals surface area contributed by atoms with E-state index in [9.17, 15) is 19.5 Å². The third-order valence-electron chi connectivity index (χ3n) is 2.53. The van der Waals surface area contributed by atoms with Gasteiger partial charge in [0.25, 0.3) is 0 Å². The Balaban J connectivity index is 5.39. The molecule has 0 radical (unpaired) electrons. The first-order valence-corrected chi connectivity index (χ1v) is 9.37. The van der Waals surface area contributed by atoms with Crippen LogP contribution in [0.2, 0.25) is 19.6 Å². The Hall–Kier alpha value is -1.63.